The van der Waals surface area contributed by atoms with E-state index in [1.807, 2.05) is 18.2 Å². The minimum atomic E-state index is -0.584. The normalized spacial score (nSPS) is 27.0. The number of aromatic nitrogens is 1. The van der Waals surface area contributed by atoms with E-state index in [-0.39, 0.29) is 36.2 Å². The van der Waals surface area contributed by atoms with Crippen LogP contribution in [0.2, 0.25) is 0 Å². The molecule has 5 rings (SSSR count). The maximum absolute atomic E-state index is 13.6. The minimum Gasteiger partial charge on any atom is -0.496 e. The Balaban J connectivity index is 1.36. The van der Waals surface area contributed by atoms with Gasteiger partial charge in [0.15, 0.2) is 0 Å². The second kappa shape index (κ2) is 9.29. The van der Waals surface area contributed by atoms with Gasteiger partial charge >= 0.3 is 0 Å². The first-order valence-corrected chi connectivity index (χ1v) is 12.2. The molecule has 2 aromatic rings. The molecule has 3 fully saturated rings. The molecule has 1 saturated carbocycles. The lowest BCUT2D eigenvalue weighted by Crippen LogP contribution is -2.52. The van der Waals surface area contributed by atoms with E-state index in [4.69, 9.17) is 4.74 Å². The summed E-state index contributed by atoms with van der Waals surface area (Å²) in [6, 6.07) is 6.29. The number of H-pyrrole nitrogens is 1. The van der Waals surface area contributed by atoms with Gasteiger partial charge in [0.2, 0.25) is 11.8 Å². The number of likely N-dealkylation sites (tertiary alicyclic amines) is 1. The van der Waals surface area contributed by atoms with Gasteiger partial charge in [-0.15, -0.1) is 0 Å². The summed E-state index contributed by atoms with van der Waals surface area (Å²) in [7, 11) is 1.60. The van der Waals surface area contributed by atoms with Gasteiger partial charge in [-0.25, -0.2) is 0 Å². The molecule has 0 bridgehead atoms. The van der Waals surface area contributed by atoms with E-state index in [9.17, 15) is 19.5 Å². The molecule has 3 unspecified atom stereocenters. The fourth-order valence-corrected chi connectivity index (χ4v) is 6.10. The van der Waals surface area contributed by atoms with Crippen LogP contribution in [0, 0.1) is 17.8 Å². The van der Waals surface area contributed by atoms with Gasteiger partial charge < -0.3 is 30.4 Å². The number of nitrogens with zero attached hydrogens (tertiary/aromatic N) is 1. The molecule has 3 heterocycles. The Hall–Kier alpha value is -3.07. The largest absolute Gasteiger partial charge is 0.496 e. The second-order valence-corrected chi connectivity index (χ2v) is 9.76. The molecule has 2 aliphatic heterocycles. The molecule has 5 atom stereocenters. The van der Waals surface area contributed by atoms with Gasteiger partial charge in [0.25, 0.3) is 5.91 Å². The number of fused-ring (bicyclic) bond motifs is 2. The molecule has 9 heteroatoms. The van der Waals surface area contributed by atoms with Crippen LogP contribution in [0.25, 0.3) is 10.9 Å². The van der Waals surface area contributed by atoms with Gasteiger partial charge in [0.05, 0.1) is 19.8 Å². The van der Waals surface area contributed by atoms with Crippen LogP contribution in [0.5, 0.6) is 5.75 Å². The van der Waals surface area contributed by atoms with Gasteiger partial charge in [-0.2, -0.15) is 0 Å². The topological polar surface area (TPSA) is 124 Å². The first-order valence-electron chi connectivity index (χ1n) is 12.2. The third-order valence-corrected chi connectivity index (χ3v) is 7.79. The van der Waals surface area contributed by atoms with Crippen molar-refractivity contribution in [3.63, 3.8) is 0 Å². The standard InChI is InChI=1S/C25H32N4O5/c1-34-21-7-3-6-19-18(21)11-20(28-19)25(33)29-12-15-4-2-5-17(15)22(29)24(32)27-16(13-30)10-14-8-9-26-23(14)31/h3,6-7,11,14-17,22,28,30H,2,4-5,8-10,12-13H2,1H3,(H,26,31)(H,27,32)/t14-,15?,16?,17?,22-/m0/s1. The molecule has 1 aromatic carbocycles. The molecule has 3 amide bonds. The Morgan fingerprint density at radius 2 is 2.15 bits per heavy atom. The fraction of sp³-hybridized carbons (Fsp3) is 0.560. The molecule has 9 nitrogen and oxygen atoms in total. The molecule has 1 aromatic heterocycles. The number of aliphatic hydroxyl groups is 1. The summed E-state index contributed by atoms with van der Waals surface area (Å²) < 4.78 is 5.42. The summed E-state index contributed by atoms with van der Waals surface area (Å²) in [5.41, 5.74) is 1.23. The highest BCUT2D eigenvalue weighted by Crippen LogP contribution is 2.43. The number of methoxy groups -OCH3 is 1. The van der Waals surface area contributed by atoms with E-state index in [2.05, 4.69) is 15.6 Å². The van der Waals surface area contributed by atoms with Crippen molar-refractivity contribution in [1.29, 1.82) is 0 Å². The zero-order valence-corrected chi connectivity index (χ0v) is 19.4. The molecule has 2 saturated heterocycles. The van der Waals surface area contributed by atoms with Crippen LogP contribution in [0.1, 0.15) is 42.6 Å². The number of ether oxygens (including phenoxy) is 1. The lowest BCUT2D eigenvalue weighted by atomic mass is 9.92. The van der Waals surface area contributed by atoms with Crippen molar-refractivity contribution in [2.75, 3.05) is 26.8 Å². The smallest absolute Gasteiger partial charge is 0.271 e. The first-order chi connectivity index (χ1) is 16.5. The summed E-state index contributed by atoms with van der Waals surface area (Å²) in [6.45, 7) is 0.925. The van der Waals surface area contributed by atoms with Crippen LogP contribution in [0.3, 0.4) is 0 Å². The monoisotopic (exact) mass is 468 g/mol. The molecule has 3 aliphatic rings. The Labute approximate surface area is 198 Å². The summed E-state index contributed by atoms with van der Waals surface area (Å²) in [6.07, 6.45) is 4.06. The molecule has 34 heavy (non-hydrogen) atoms. The van der Waals surface area contributed by atoms with Crippen molar-refractivity contribution in [3.8, 4) is 5.75 Å². The molecular formula is C25H32N4O5. The third-order valence-electron chi connectivity index (χ3n) is 7.79. The van der Waals surface area contributed by atoms with Crippen molar-refractivity contribution < 1.29 is 24.2 Å². The number of hydrogen-bond acceptors (Lipinski definition) is 5. The van der Waals surface area contributed by atoms with Crippen molar-refractivity contribution in [2.24, 2.45) is 17.8 Å². The van der Waals surface area contributed by atoms with Crippen molar-refractivity contribution in [3.05, 3.63) is 30.0 Å². The van der Waals surface area contributed by atoms with E-state index in [0.717, 1.165) is 30.2 Å². The Kier molecular flexibility index (Phi) is 6.20. The van der Waals surface area contributed by atoms with Crippen molar-refractivity contribution >= 4 is 28.6 Å². The molecule has 4 N–H and O–H groups in total. The van der Waals surface area contributed by atoms with Gasteiger partial charge in [-0.05, 0) is 55.7 Å². The molecule has 0 spiro atoms. The first kappa shape index (κ1) is 22.7. The van der Waals surface area contributed by atoms with E-state index in [1.165, 1.54) is 0 Å². The predicted molar refractivity (Wildman–Crippen MR) is 125 cm³/mol. The van der Waals surface area contributed by atoms with E-state index >= 15 is 0 Å². The molecule has 1 aliphatic carbocycles. The van der Waals surface area contributed by atoms with Gasteiger partial charge in [0, 0.05) is 29.9 Å². The molecular weight excluding hydrogens is 436 g/mol. The van der Waals surface area contributed by atoms with Crippen LogP contribution in [-0.4, -0.2) is 71.6 Å². The predicted octanol–water partition coefficient (Wildman–Crippen LogP) is 1.42. The van der Waals surface area contributed by atoms with Crippen LogP contribution in [0.15, 0.2) is 24.3 Å². The second-order valence-electron chi connectivity index (χ2n) is 9.76. The maximum Gasteiger partial charge on any atom is 0.271 e. The van der Waals surface area contributed by atoms with E-state index in [1.54, 1.807) is 18.1 Å². The van der Waals surface area contributed by atoms with Gasteiger partial charge in [-0.1, -0.05) is 12.5 Å². The average Bonchev–Trinajstić information content (AvgIpc) is 3.61. The number of nitrogens with one attached hydrogen (secondary N) is 3. The van der Waals surface area contributed by atoms with Gasteiger partial charge in [0.1, 0.15) is 17.5 Å². The van der Waals surface area contributed by atoms with Gasteiger partial charge in [-0.3, -0.25) is 14.4 Å². The summed E-state index contributed by atoms with van der Waals surface area (Å²) in [5.74, 6) is 0.401. The Bertz CT molecular complexity index is 1100. The SMILES string of the molecule is COc1cccc2[nH]c(C(=O)N3CC4CCCC4[C@H]3C(=O)NC(CO)C[C@@H]3CCNC3=O)cc12. The number of carbonyl (C=O) groups excluding carboxylic acids is 3. The number of aliphatic hydroxyl groups excluding tert-OH is 1. The van der Waals surface area contributed by atoms with Crippen molar-refractivity contribution in [1.82, 2.24) is 20.5 Å². The van der Waals surface area contributed by atoms with E-state index in [0.29, 0.717) is 43.3 Å². The quantitative estimate of drug-likeness (QED) is 0.489. The highest BCUT2D eigenvalue weighted by atomic mass is 16.5. The minimum absolute atomic E-state index is 0.0320. The number of carbonyl (C=O) groups is 3. The lowest BCUT2D eigenvalue weighted by molar-refractivity contribution is -0.128. The third kappa shape index (κ3) is 4.02. The number of aromatic amines is 1. The Morgan fingerprint density at radius 1 is 1.29 bits per heavy atom. The number of benzene rings is 1. The van der Waals surface area contributed by atoms with Crippen LogP contribution in [-0.2, 0) is 9.59 Å². The molecule has 0 radical (unpaired) electrons. The highest BCUT2D eigenvalue weighted by Gasteiger charge is 2.50. The number of hydrogen-bond donors (Lipinski definition) is 4. The number of amides is 3. The maximum atomic E-state index is 13.6. The fourth-order valence-electron chi connectivity index (χ4n) is 6.10. The summed E-state index contributed by atoms with van der Waals surface area (Å²) in [4.78, 5) is 43.9. The summed E-state index contributed by atoms with van der Waals surface area (Å²) >= 11 is 0. The number of rotatable bonds is 7. The lowest BCUT2D eigenvalue weighted by Gasteiger charge is -2.29. The van der Waals surface area contributed by atoms with Crippen molar-refractivity contribution in [2.45, 2.75) is 44.2 Å². The van der Waals surface area contributed by atoms with Crippen LogP contribution >= 0.6 is 0 Å². The van der Waals surface area contributed by atoms with Crippen LogP contribution in [0.4, 0.5) is 0 Å². The summed E-state index contributed by atoms with van der Waals surface area (Å²) in [5, 5.41) is 16.5. The zero-order chi connectivity index (χ0) is 23.8. The highest BCUT2D eigenvalue weighted by molar-refractivity contribution is 6.02. The average molecular weight is 469 g/mol. The van der Waals surface area contributed by atoms with E-state index < -0.39 is 12.1 Å². The molecule has 182 valence electrons. The van der Waals surface area contributed by atoms with Crippen LogP contribution < -0.4 is 15.4 Å². The Morgan fingerprint density at radius 3 is 2.88 bits per heavy atom. The zero-order valence-electron chi connectivity index (χ0n) is 19.4.